The molecule has 0 saturated heterocycles. The predicted molar refractivity (Wildman–Crippen MR) is 70.0 cm³/mol. The van der Waals surface area contributed by atoms with E-state index in [-0.39, 0.29) is 17.9 Å². The van der Waals surface area contributed by atoms with Crippen LogP contribution in [0.2, 0.25) is 0 Å². The lowest BCUT2D eigenvalue weighted by Gasteiger charge is -2.16. The molecule has 7 N–H and O–H groups in total. The van der Waals surface area contributed by atoms with Crippen LogP contribution in [0.15, 0.2) is 18.2 Å². The first-order valence-corrected chi connectivity index (χ1v) is 6.22. The number of phenols is 2. The largest absolute Gasteiger partial charge is 0.504 e. The van der Waals surface area contributed by atoms with Crippen molar-refractivity contribution in [2.45, 2.75) is 31.8 Å². The molecule has 0 aliphatic rings. The monoisotopic (exact) mass is 283 g/mol. The Labute approximate surface area is 116 Å². The molecule has 0 fully saturated rings. The number of aliphatic carboxylic acids is 1. The van der Waals surface area contributed by atoms with E-state index in [1.165, 1.54) is 18.2 Å². The first-order valence-electron chi connectivity index (χ1n) is 6.22. The number of amides is 1. The summed E-state index contributed by atoms with van der Waals surface area (Å²) in [7, 11) is 0. The first kappa shape index (κ1) is 15.8. The molecule has 0 aliphatic heterocycles. The topological polar surface area (TPSA) is 134 Å². The number of hydrogen-bond acceptors (Lipinski definition) is 4. The highest BCUT2D eigenvalue weighted by Gasteiger charge is 2.24. The van der Waals surface area contributed by atoms with E-state index in [0.29, 0.717) is 12.0 Å². The molecule has 0 bridgehead atoms. The number of carbonyl (C=O) groups excluding carboxylic acids is 1. The van der Waals surface area contributed by atoms with Crippen LogP contribution in [0.3, 0.4) is 0 Å². The summed E-state index contributed by atoms with van der Waals surface area (Å²) in [6, 6.07) is 2.39. The summed E-state index contributed by atoms with van der Waals surface area (Å²) in [6.45, 7) is 1.78. The number of nitrogens with one attached hydrogen (secondary N) is 1. The smallest absolute Gasteiger partial charge is 0.326 e. The van der Waals surface area contributed by atoms with Gasteiger partial charge >= 0.3 is 5.97 Å². The maximum Gasteiger partial charge on any atom is 0.326 e. The molecule has 0 radical (unpaired) electrons. The van der Waals surface area contributed by atoms with Gasteiger partial charge in [0.05, 0.1) is 0 Å². The van der Waals surface area contributed by atoms with Crippen molar-refractivity contribution in [3.8, 4) is 11.5 Å². The standard InChI is InChI=1S/C13H18N2O5/c1-2-8(14)12(18)15-9(13(19)20)5-7-3-4-10(16)11(17)6-7/h3-4,6,8-9,16-17H,2,5,14H2,1H3,(H,15,18)(H,19,20)/p+1/t8-,9?/m0/s1. The lowest BCUT2D eigenvalue weighted by Crippen LogP contribution is -2.68. The Morgan fingerprint density at radius 2 is 1.95 bits per heavy atom. The van der Waals surface area contributed by atoms with Gasteiger partial charge in [0.25, 0.3) is 5.91 Å². The molecule has 7 heteroatoms. The number of benzene rings is 1. The fourth-order valence-corrected chi connectivity index (χ4v) is 1.61. The average molecular weight is 283 g/mol. The van der Waals surface area contributed by atoms with Crippen molar-refractivity contribution in [2.24, 2.45) is 0 Å². The number of aromatic hydroxyl groups is 2. The SMILES string of the molecule is CC[C@H]([NH3+])C(=O)NC(Cc1ccc(O)c(O)c1)C(=O)O. The number of hydrogen-bond donors (Lipinski definition) is 5. The molecule has 1 aromatic rings. The van der Waals surface area contributed by atoms with E-state index in [1.54, 1.807) is 6.92 Å². The van der Waals surface area contributed by atoms with Gasteiger partial charge in [-0.2, -0.15) is 0 Å². The molecule has 0 heterocycles. The second-order valence-corrected chi connectivity index (χ2v) is 4.53. The molecule has 2 atom stereocenters. The van der Waals surface area contributed by atoms with Crippen LogP contribution in [0, 0.1) is 0 Å². The molecular weight excluding hydrogens is 264 g/mol. The molecule has 0 aliphatic carbocycles. The molecule has 20 heavy (non-hydrogen) atoms. The van der Waals surface area contributed by atoms with Crippen molar-refractivity contribution in [1.82, 2.24) is 5.32 Å². The van der Waals surface area contributed by atoms with Gasteiger partial charge in [0.2, 0.25) is 0 Å². The molecular formula is C13H19N2O5+. The minimum atomic E-state index is -1.17. The summed E-state index contributed by atoms with van der Waals surface area (Å²) < 4.78 is 0. The highest BCUT2D eigenvalue weighted by molar-refractivity contribution is 5.86. The van der Waals surface area contributed by atoms with Crippen LogP contribution >= 0.6 is 0 Å². The molecule has 1 aromatic carbocycles. The van der Waals surface area contributed by atoms with E-state index >= 15 is 0 Å². The lowest BCUT2D eigenvalue weighted by molar-refractivity contribution is -0.404. The van der Waals surface area contributed by atoms with E-state index in [9.17, 15) is 19.8 Å². The van der Waals surface area contributed by atoms with Crippen molar-refractivity contribution in [3.63, 3.8) is 0 Å². The second kappa shape index (κ2) is 6.76. The van der Waals surface area contributed by atoms with Gasteiger partial charge in [0.15, 0.2) is 17.5 Å². The Hall–Kier alpha value is -2.28. The van der Waals surface area contributed by atoms with Gasteiger partial charge in [-0.3, -0.25) is 4.79 Å². The van der Waals surface area contributed by atoms with Crippen LogP contribution in [0.5, 0.6) is 11.5 Å². The normalized spacial score (nSPS) is 13.5. The van der Waals surface area contributed by atoms with Crippen molar-refractivity contribution >= 4 is 11.9 Å². The van der Waals surface area contributed by atoms with E-state index in [2.05, 4.69) is 11.1 Å². The third-order valence-corrected chi connectivity index (χ3v) is 2.96. The van der Waals surface area contributed by atoms with Crippen LogP contribution in [-0.2, 0) is 16.0 Å². The van der Waals surface area contributed by atoms with Gasteiger partial charge in [-0.15, -0.1) is 0 Å². The minimum Gasteiger partial charge on any atom is -0.504 e. The van der Waals surface area contributed by atoms with E-state index in [1.807, 2.05) is 0 Å². The van der Waals surface area contributed by atoms with Crippen LogP contribution in [0.4, 0.5) is 0 Å². The molecule has 0 spiro atoms. The zero-order chi connectivity index (χ0) is 15.3. The summed E-state index contributed by atoms with van der Waals surface area (Å²) in [5.74, 6) is -2.22. The molecule has 7 nitrogen and oxygen atoms in total. The fourth-order valence-electron chi connectivity index (χ4n) is 1.61. The minimum absolute atomic E-state index is 0.00531. The Balaban J connectivity index is 2.79. The molecule has 1 rings (SSSR count). The summed E-state index contributed by atoms with van der Waals surface area (Å²) in [5, 5.41) is 30.1. The molecule has 0 saturated carbocycles. The van der Waals surface area contributed by atoms with Gasteiger partial charge < -0.3 is 26.4 Å². The number of carboxylic acids is 1. The molecule has 110 valence electrons. The van der Waals surface area contributed by atoms with Gasteiger partial charge in [-0.05, 0) is 17.7 Å². The van der Waals surface area contributed by atoms with Crippen LogP contribution in [0.25, 0.3) is 0 Å². The Morgan fingerprint density at radius 1 is 1.30 bits per heavy atom. The van der Waals surface area contributed by atoms with Crippen molar-refractivity contribution in [1.29, 1.82) is 0 Å². The summed E-state index contributed by atoms with van der Waals surface area (Å²) >= 11 is 0. The Bertz CT molecular complexity index is 504. The third kappa shape index (κ3) is 4.13. The number of rotatable bonds is 6. The van der Waals surface area contributed by atoms with Crippen LogP contribution in [0.1, 0.15) is 18.9 Å². The quantitative estimate of drug-likeness (QED) is 0.437. The van der Waals surface area contributed by atoms with Crippen molar-refractivity contribution in [3.05, 3.63) is 23.8 Å². The average Bonchev–Trinajstić information content (AvgIpc) is 2.40. The van der Waals surface area contributed by atoms with Crippen LogP contribution in [-0.4, -0.2) is 39.3 Å². The van der Waals surface area contributed by atoms with E-state index < -0.39 is 24.0 Å². The van der Waals surface area contributed by atoms with Crippen molar-refractivity contribution < 1.29 is 30.6 Å². The molecule has 0 aromatic heterocycles. The van der Waals surface area contributed by atoms with Gasteiger partial charge in [0, 0.05) is 12.8 Å². The third-order valence-electron chi connectivity index (χ3n) is 2.96. The van der Waals surface area contributed by atoms with Gasteiger partial charge in [-0.1, -0.05) is 13.0 Å². The maximum atomic E-state index is 11.7. The zero-order valence-corrected chi connectivity index (χ0v) is 11.2. The maximum absolute atomic E-state index is 11.7. The Kier molecular flexibility index (Phi) is 5.33. The molecule has 1 amide bonds. The predicted octanol–water partition coefficient (Wildman–Crippen LogP) is -0.770. The highest BCUT2D eigenvalue weighted by atomic mass is 16.4. The Morgan fingerprint density at radius 3 is 2.45 bits per heavy atom. The number of quaternary nitrogens is 1. The number of carbonyl (C=O) groups is 2. The zero-order valence-electron chi connectivity index (χ0n) is 11.2. The second-order valence-electron chi connectivity index (χ2n) is 4.53. The summed E-state index contributed by atoms with van der Waals surface area (Å²) in [6.07, 6.45) is 0.517. The summed E-state index contributed by atoms with van der Waals surface area (Å²) in [4.78, 5) is 22.8. The first-order chi connectivity index (χ1) is 9.35. The molecule has 1 unspecified atom stereocenters. The number of carboxylic acid groups (broad SMARTS) is 1. The van der Waals surface area contributed by atoms with Crippen LogP contribution < -0.4 is 11.1 Å². The lowest BCUT2D eigenvalue weighted by atomic mass is 10.0. The van der Waals surface area contributed by atoms with E-state index in [0.717, 1.165) is 0 Å². The highest BCUT2D eigenvalue weighted by Crippen LogP contribution is 2.25. The number of phenolic OH excluding ortho intramolecular Hbond substituents is 2. The van der Waals surface area contributed by atoms with Gasteiger partial charge in [-0.25, -0.2) is 4.79 Å². The fraction of sp³-hybridized carbons (Fsp3) is 0.385. The van der Waals surface area contributed by atoms with Crippen molar-refractivity contribution in [2.75, 3.05) is 0 Å². The van der Waals surface area contributed by atoms with Gasteiger partial charge in [0.1, 0.15) is 6.04 Å². The summed E-state index contributed by atoms with van der Waals surface area (Å²) in [5.41, 5.74) is 4.11. The van der Waals surface area contributed by atoms with E-state index in [4.69, 9.17) is 5.11 Å².